The summed E-state index contributed by atoms with van der Waals surface area (Å²) in [5.41, 5.74) is 2.35. The molecule has 29 heavy (non-hydrogen) atoms. The van der Waals surface area contributed by atoms with E-state index in [2.05, 4.69) is 14.9 Å². The average molecular weight is 409 g/mol. The van der Waals surface area contributed by atoms with Gasteiger partial charge in [0.2, 0.25) is 5.91 Å². The van der Waals surface area contributed by atoms with Crippen molar-refractivity contribution in [2.45, 2.75) is 32.7 Å². The van der Waals surface area contributed by atoms with Gasteiger partial charge in [0.05, 0.1) is 5.69 Å². The summed E-state index contributed by atoms with van der Waals surface area (Å²) < 4.78 is 3.80. The standard InChI is InChI=1S/C22H24N4O2S/c1-4-22(2,3)23-20(27)14-26(21(28)18-15-29-25-24-18)19-13-9-8-12-17(19)16-10-6-5-7-11-16/h5-13,15H,4,14H2,1-3H3,(H,23,27). The molecule has 1 aromatic heterocycles. The van der Waals surface area contributed by atoms with E-state index in [4.69, 9.17) is 0 Å². The lowest BCUT2D eigenvalue weighted by molar-refractivity contribution is -0.121. The Kier molecular flexibility index (Phi) is 6.39. The van der Waals surface area contributed by atoms with Crippen LogP contribution in [0.15, 0.2) is 60.0 Å². The van der Waals surface area contributed by atoms with Crippen LogP contribution in [0.25, 0.3) is 11.1 Å². The molecule has 7 heteroatoms. The Bertz CT molecular complexity index is 971. The van der Waals surface area contributed by atoms with Crippen LogP contribution < -0.4 is 10.2 Å². The first-order valence-corrected chi connectivity index (χ1v) is 10.3. The van der Waals surface area contributed by atoms with Crippen molar-refractivity contribution in [3.8, 4) is 11.1 Å². The van der Waals surface area contributed by atoms with Crippen LogP contribution in [-0.2, 0) is 4.79 Å². The molecule has 0 aliphatic rings. The van der Waals surface area contributed by atoms with Gasteiger partial charge < -0.3 is 5.32 Å². The lowest BCUT2D eigenvalue weighted by Crippen LogP contribution is -2.48. The van der Waals surface area contributed by atoms with Gasteiger partial charge in [0.25, 0.3) is 5.91 Å². The normalized spacial score (nSPS) is 11.1. The Morgan fingerprint density at radius 1 is 1.07 bits per heavy atom. The van der Waals surface area contributed by atoms with Gasteiger partial charge in [-0.15, -0.1) is 5.10 Å². The van der Waals surface area contributed by atoms with Crippen molar-refractivity contribution in [1.82, 2.24) is 14.9 Å². The molecular formula is C22H24N4O2S. The third-order valence-electron chi connectivity index (χ3n) is 4.77. The molecule has 0 aliphatic carbocycles. The van der Waals surface area contributed by atoms with Crippen LogP contribution >= 0.6 is 11.5 Å². The van der Waals surface area contributed by atoms with Crippen molar-refractivity contribution in [1.29, 1.82) is 0 Å². The molecule has 3 rings (SSSR count). The number of nitrogens with one attached hydrogen (secondary N) is 1. The number of benzene rings is 2. The van der Waals surface area contributed by atoms with Crippen LogP contribution in [0.3, 0.4) is 0 Å². The summed E-state index contributed by atoms with van der Waals surface area (Å²) in [4.78, 5) is 27.5. The van der Waals surface area contributed by atoms with E-state index in [-0.39, 0.29) is 29.6 Å². The van der Waals surface area contributed by atoms with Crippen LogP contribution in [-0.4, -0.2) is 33.5 Å². The van der Waals surface area contributed by atoms with Gasteiger partial charge in [-0.1, -0.05) is 59.9 Å². The highest BCUT2D eigenvalue weighted by Gasteiger charge is 2.27. The van der Waals surface area contributed by atoms with Crippen molar-refractivity contribution in [3.05, 3.63) is 65.7 Å². The van der Waals surface area contributed by atoms with Crippen LogP contribution in [0.4, 0.5) is 5.69 Å². The predicted molar refractivity (Wildman–Crippen MR) is 116 cm³/mol. The molecule has 3 aromatic rings. The van der Waals surface area contributed by atoms with Crippen LogP contribution in [0.5, 0.6) is 0 Å². The minimum absolute atomic E-state index is 0.108. The molecule has 2 aromatic carbocycles. The fourth-order valence-corrected chi connectivity index (χ4v) is 3.31. The topological polar surface area (TPSA) is 75.2 Å². The molecule has 0 unspecified atom stereocenters. The van der Waals surface area contributed by atoms with Crippen molar-refractivity contribution in [2.75, 3.05) is 11.4 Å². The summed E-state index contributed by atoms with van der Waals surface area (Å²) in [6, 6.07) is 17.3. The second-order valence-electron chi connectivity index (χ2n) is 7.35. The van der Waals surface area contributed by atoms with Crippen molar-refractivity contribution < 1.29 is 9.59 Å². The number of carbonyl (C=O) groups excluding carboxylic acids is 2. The maximum absolute atomic E-state index is 13.2. The highest BCUT2D eigenvalue weighted by molar-refractivity contribution is 7.03. The number of aromatic nitrogens is 2. The van der Waals surface area contributed by atoms with Crippen LogP contribution in [0.1, 0.15) is 37.7 Å². The Labute approximate surface area is 174 Å². The average Bonchev–Trinajstić information content (AvgIpc) is 3.27. The zero-order valence-electron chi connectivity index (χ0n) is 16.8. The van der Waals surface area contributed by atoms with E-state index in [0.29, 0.717) is 5.69 Å². The number of amides is 2. The molecule has 0 spiro atoms. The van der Waals surface area contributed by atoms with Gasteiger partial charge in [0.1, 0.15) is 6.54 Å². The zero-order chi connectivity index (χ0) is 20.9. The number of para-hydroxylation sites is 1. The summed E-state index contributed by atoms with van der Waals surface area (Å²) in [5, 5.41) is 8.50. The minimum atomic E-state index is -0.355. The fraction of sp³-hybridized carbons (Fsp3) is 0.273. The largest absolute Gasteiger partial charge is 0.350 e. The van der Waals surface area contributed by atoms with Gasteiger partial charge in [-0.3, -0.25) is 14.5 Å². The summed E-state index contributed by atoms with van der Waals surface area (Å²) in [6.45, 7) is 5.82. The molecule has 6 nitrogen and oxygen atoms in total. The van der Waals surface area contributed by atoms with Crippen molar-refractivity contribution in [3.63, 3.8) is 0 Å². The first kappa shape index (κ1) is 20.7. The minimum Gasteiger partial charge on any atom is -0.350 e. The molecule has 0 aliphatic heterocycles. The van der Waals surface area contributed by atoms with Gasteiger partial charge in [0.15, 0.2) is 5.69 Å². The number of rotatable bonds is 7. The Balaban J connectivity index is 2.01. The SMILES string of the molecule is CCC(C)(C)NC(=O)CN(C(=O)c1csnn1)c1ccccc1-c1ccccc1. The molecule has 1 heterocycles. The molecule has 0 bridgehead atoms. The van der Waals surface area contributed by atoms with E-state index < -0.39 is 0 Å². The number of nitrogens with zero attached hydrogens (tertiary/aromatic N) is 3. The molecule has 0 atom stereocenters. The van der Waals surface area contributed by atoms with Crippen LogP contribution in [0.2, 0.25) is 0 Å². The van der Waals surface area contributed by atoms with E-state index >= 15 is 0 Å². The van der Waals surface area contributed by atoms with E-state index in [1.165, 1.54) is 4.90 Å². The highest BCUT2D eigenvalue weighted by atomic mass is 32.1. The van der Waals surface area contributed by atoms with Crippen molar-refractivity contribution >= 4 is 29.0 Å². The molecule has 0 radical (unpaired) electrons. The molecular weight excluding hydrogens is 384 g/mol. The van der Waals surface area contributed by atoms with Gasteiger partial charge in [0, 0.05) is 16.5 Å². The van der Waals surface area contributed by atoms with Gasteiger partial charge in [-0.05, 0) is 43.4 Å². The molecule has 1 N–H and O–H groups in total. The summed E-state index contributed by atoms with van der Waals surface area (Å²) in [5.74, 6) is -0.581. The molecule has 0 saturated carbocycles. The lowest BCUT2D eigenvalue weighted by atomic mass is 10.0. The quantitative estimate of drug-likeness (QED) is 0.637. The predicted octanol–water partition coefficient (Wildman–Crippen LogP) is 4.16. The van der Waals surface area contributed by atoms with Crippen LogP contribution in [0, 0.1) is 0 Å². The summed E-state index contributed by atoms with van der Waals surface area (Å²) >= 11 is 1.10. The van der Waals surface area contributed by atoms with Gasteiger partial charge >= 0.3 is 0 Å². The first-order valence-electron chi connectivity index (χ1n) is 9.45. The Morgan fingerprint density at radius 3 is 2.41 bits per heavy atom. The lowest BCUT2D eigenvalue weighted by Gasteiger charge is -2.28. The molecule has 2 amide bonds. The molecule has 150 valence electrons. The van der Waals surface area contributed by atoms with Gasteiger partial charge in [-0.25, -0.2) is 0 Å². The van der Waals surface area contributed by atoms with Gasteiger partial charge in [-0.2, -0.15) is 0 Å². The second-order valence-corrected chi connectivity index (χ2v) is 7.96. The van der Waals surface area contributed by atoms with E-state index in [1.54, 1.807) is 5.38 Å². The number of hydrogen-bond acceptors (Lipinski definition) is 5. The van der Waals surface area contributed by atoms with Crippen molar-refractivity contribution in [2.24, 2.45) is 0 Å². The fourth-order valence-electron chi connectivity index (χ4n) is 2.88. The van der Waals surface area contributed by atoms with E-state index in [0.717, 1.165) is 29.1 Å². The number of hydrogen-bond donors (Lipinski definition) is 1. The maximum Gasteiger partial charge on any atom is 0.280 e. The van der Waals surface area contributed by atoms with E-state index in [9.17, 15) is 9.59 Å². The maximum atomic E-state index is 13.2. The third-order valence-corrected chi connectivity index (χ3v) is 5.27. The summed E-state index contributed by atoms with van der Waals surface area (Å²) in [7, 11) is 0. The second kappa shape index (κ2) is 8.96. The Morgan fingerprint density at radius 2 is 1.76 bits per heavy atom. The first-order chi connectivity index (χ1) is 13.9. The zero-order valence-corrected chi connectivity index (χ0v) is 17.6. The molecule has 0 saturated heterocycles. The smallest absolute Gasteiger partial charge is 0.280 e. The number of anilines is 1. The van der Waals surface area contributed by atoms with E-state index in [1.807, 2.05) is 75.4 Å². The third kappa shape index (κ3) is 5.06. The monoisotopic (exact) mass is 408 g/mol. The number of carbonyl (C=O) groups is 2. The molecule has 0 fully saturated rings. The Hall–Kier alpha value is -3.06. The summed E-state index contributed by atoms with van der Waals surface area (Å²) in [6.07, 6.45) is 0.781. The highest BCUT2D eigenvalue weighted by Crippen LogP contribution is 2.31.